The van der Waals surface area contributed by atoms with Crippen LogP contribution in [-0.2, 0) is 14.3 Å². The second-order valence-electron chi connectivity index (χ2n) is 9.11. The van der Waals surface area contributed by atoms with Gasteiger partial charge in [-0.1, -0.05) is 27.2 Å². The van der Waals surface area contributed by atoms with Gasteiger partial charge < -0.3 is 9.47 Å². The number of ketones is 1. The highest BCUT2D eigenvalue weighted by molar-refractivity contribution is 5.82. The van der Waals surface area contributed by atoms with Gasteiger partial charge in [0, 0.05) is 27.1 Å². The second kappa shape index (κ2) is 6.96. The van der Waals surface area contributed by atoms with Crippen molar-refractivity contribution in [3.8, 4) is 0 Å². The number of hydrogen-bond donors (Lipinski definition) is 0. The van der Waals surface area contributed by atoms with Gasteiger partial charge in [-0.15, -0.1) is 0 Å². The average Bonchev–Trinajstić information content (AvgIpc) is 3.13. The summed E-state index contributed by atoms with van der Waals surface area (Å²) < 4.78 is 10.7. The van der Waals surface area contributed by atoms with Gasteiger partial charge in [-0.05, 0) is 68.1 Å². The Balaban J connectivity index is 0.000000333. The van der Waals surface area contributed by atoms with Gasteiger partial charge in [0.1, 0.15) is 17.0 Å². The van der Waals surface area contributed by atoms with E-state index >= 15 is 0 Å². The fourth-order valence-electron chi connectivity index (χ4n) is 7.13. The van der Waals surface area contributed by atoms with Crippen LogP contribution in [0.15, 0.2) is 0 Å². The zero-order valence-corrected chi connectivity index (χ0v) is 17.0. The molecular formula is C22H38O3. The van der Waals surface area contributed by atoms with Gasteiger partial charge in [0.05, 0.1) is 0 Å². The SMILES string of the molecule is CC.CC12CCCC1C1CCC34CC(=O)CCC3(O4)C1CC2.COC. The van der Waals surface area contributed by atoms with Crippen LogP contribution >= 0.6 is 0 Å². The summed E-state index contributed by atoms with van der Waals surface area (Å²) in [5, 5.41) is 0. The van der Waals surface area contributed by atoms with Crippen molar-refractivity contribution in [3.63, 3.8) is 0 Å². The zero-order chi connectivity index (χ0) is 18.3. The van der Waals surface area contributed by atoms with Crippen LogP contribution in [0.2, 0.25) is 0 Å². The molecule has 1 heterocycles. The molecular weight excluding hydrogens is 312 g/mol. The van der Waals surface area contributed by atoms with Crippen molar-refractivity contribution in [3.05, 3.63) is 0 Å². The van der Waals surface area contributed by atoms with E-state index in [1.54, 1.807) is 14.2 Å². The van der Waals surface area contributed by atoms with Crippen molar-refractivity contribution in [1.82, 2.24) is 0 Å². The number of rotatable bonds is 0. The van der Waals surface area contributed by atoms with Crippen LogP contribution in [0, 0.1) is 23.2 Å². The minimum absolute atomic E-state index is 0.00977. The molecule has 0 radical (unpaired) electrons. The first-order valence-corrected chi connectivity index (χ1v) is 10.6. The van der Waals surface area contributed by atoms with E-state index in [-0.39, 0.29) is 11.2 Å². The molecule has 0 amide bonds. The molecule has 6 atom stereocenters. The van der Waals surface area contributed by atoms with Crippen LogP contribution in [-0.4, -0.2) is 31.2 Å². The van der Waals surface area contributed by atoms with Gasteiger partial charge in [0.15, 0.2) is 0 Å². The number of Topliss-reactive ketones (excluding diaryl/α,β-unsaturated/α-hetero) is 1. The third-order valence-electron chi connectivity index (χ3n) is 8.06. The molecule has 5 aliphatic rings. The Bertz CT molecular complexity index is 504. The fraction of sp³-hybridized carbons (Fsp3) is 0.955. The molecule has 1 aliphatic heterocycles. The molecule has 0 aromatic carbocycles. The van der Waals surface area contributed by atoms with Crippen LogP contribution in [0.25, 0.3) is 0 Å². The van der Waals surface area contributed by atoms with Gasteiger partial charge in [-0.25, -0.2) is 0 Å². The van der Waals surface area contributed by atoms with E-state index in [4.69, 9.17) is 4.74 Å². The summed E-state index contributed by atoms with van der Waals surface area (Å²) in [4.78, 5) is 11.9. The van der Waals surface area contributed by atoms with Crippen molar-refractivity contribution >= 4 is 5.78 Å². The molecule has 3 nitrogen and oxygen atoms in total. The van der Waals surface area contributed by atoms with E-state index in [0.717, 1.165) is 37.0 Å². The lowest BCUT2D eigenvalue weighted by molar-refractivity contribution is -0.122. The van der Waals surface area contributed by atoms with E-state index in [9.17, 15) is 4.79 Å². The highest BCUT2D eigenvalue weighted by atomic mass is 16.6. The van der Waals surface area contributed by atoms with E-state index in [2.05, 4.69) is 11.7 Å². The number of hydrogen-bond acceptors (Lipinski definition) is 3. The minimum Gasteiger partial charge on any atom is -0.388 e. The van der Waals surface area contributed by atoms with E-state index in [1.807, 2.05) is 13.8 Å². The van der Waals surface area contributed by atoms with Crippen molar-refractivity contribution in [2.45, 2.75) is 96.2 Å². The summed E-state index contributed by atoms with van der Waals surface area (Å²) in [5.41, 5.74) is 0.792. The largest absolute Gasteiger partial charge is 0.388 e. The van der Waals surface area contributed by atoms with Gasteiger partial charge in [0.25, 0.3) is 0 Å². The summed E-state index contributed by atoms with van der Waals surface area (Å²) in [7, 11) is 3.25. The Labute approximate surface area is 154 Å². The predicted molar refractivity (Wildman–Crippen MR) is 101 cm³/mol. The van der Waals surface area contributed by atoms with Crippen molar-refractivity contribution < 1.29 is 14.3 Å². The zero-order valence-electron chi connectivity index (χ0n) is 17.0. The molecule has 3 heteroatoms. The van der Waals surface area contributed by atoms with Crippen LogP contribution in [0.4, 0.5) is 0 Å². The highest BCUT2D eigenvalue weighted by Gasteiger charge is 2.78. The second-order valence-corrected chi connectivity index (χ2v) is 9.11. The number of epoxide rings is 1. The average molecular weight is 351 g/mol. The van der Waals surface area contributed by atoms with Gasteiger partial charge in [-0.3, -0.25) is 4.79 Å². The van der Waals surface area contributed by atoms with E-state index < -0.39 is 0 Å². The molecule has 5 rings (SSSR count). The molecule has 25 heavy (non-hydrogen) atoms. The summed E-state index contributed by atoms with van der Waals surface area (Å²) in [6.45, 7) is 6.55. The highest BCUT2D eigenvalue weighted by Crippen LogP contribution is 2.72. The van der Waals surface area contributed by atoms with Crippen LogP contribution in [0.3, 0.4) is 0 Å². The molecule has 0 aromatic rings. The maximum Gasteiger partial charge on any atom is 0.136 e. The summed E-state index contributed by atoms with van der Waals surface area (Å²) in [6.07, 6.45) is 12.2. The molecule has 4 aliphatic carbocycles. The Morgan fingerprint density at radius 1 is 1.00 bits per heavy atom. The predicted octanol–water partition coefficient (Wildman–Crippen LogP) is 5.16. The Hall–Kier alpha value is -0.410. The van der Waals surface area contributed by atoms with Gasteiger partial charge >= 0.3 is 0 Å². The molecule has 144 valence electrons. The smallest absolute Gasteiger partial charge is 0.136 e. The molecule has 0 N–H and O–H groups in total. The van der Waals surface area contributed by atoms with E-state index in [0.29, 0.717) is 11.2 Å². The number of carbonyl (C=O) groups excluding carboxylic acids is 1. The normalized spacial score (nSPS) is 49.2. The number of carbonyl (C=O) groups is 1. The molecule has 0 spiro atoms. The molecule has 6 unspecified atom stereocenters. The van der Waals surface area contributed by atoms with E-state index in [1.165, 1.54) is 44.9 Å². The quantitative estimate of drug-likeness (QED) is 0.566. The lowest BCUT2D eigenvalue weighted by atomic mass is 9.51. The maximum atomic E-state index is 11.9. The summed E-state index contributed by atoms with van der Waals surface area (Å²) >= 11 is 0. The summed E-state index contributed by atoms with van der Waals surface area (Å²) in [6, 6.07) is 0. The first kappa shape index (κ1) is 19.4. The monoisotopic (exact) mass is 350 g/mol. The minimum atomic E-state index is 0.00977. The van der Waals surface area contributed by atoms with Crippen LogP contribution in [0.1, 0.15) is 85.0 Å². The van der Waals surface area contributed by atoms with Gasteiger partial charge in [0.2, 0.25) is 0 Å². The third kappa shape index (κ3) is 2.81. The Kier molecular flexibility index (Phi) is 5.39. The third-order valence-corrected chi connectivity index (χ3v) is 8.06. The molecule has 0 aromatic heterocycles. The topological polar surface area (TPSA) is 38.8 Å². The standard InChI is InChI=1S/C18H26O2.C2H6O.C2H6/c1-16-7-2-3-14(16)13-5-9-17-11-12(19)4-10-18(17,20-17)15(13)6-8-16;1-3-2;1-2/h13-15H,2-11H2,1H3;1-2H3;1-2H3. The van der Waals surface area contributed by atoms with Crippen molar-refractivity contribution in [2.24, 2.45) is 23.2 Å². The molecule has 4 saturated carbocycles. The Morgan fingerprint density at radius 3 is 2.44 bits per heavy atom. The number of methoxy groups -OCH3 is 1. The maximum absolute atomic E-state index is 11.9. The first-order valence-electron chi connectivity index (χ1n) is 10.6. The lowest BCUT2D eigenvalue weighted by Crippen LogP contribution is -2.52. The summed E-state index contributed by atoms with van der Waals surface area (Å²) in [5.74, 6) is 3.09. The molecule has 5 fully saturated rings. The first-order chi connectivity index (χ1) is 12.0. The van der Waals surface area contributed by atoms with Crippen molar-refractivity contribution in [1.29, 1.82) is 0 Å². The number of fused-ring (bicyclic) bond motifs is 3. The fourth-order valence-corrected chi connectivity index (χ4v) is 7.13. The van der Waals surface area contributed by atoms with Crippen LogP contribution in [0.5, 0.6) is 0 Å². The Morgan fingerprint density at radius 2 is 1.72 bits per heavy atom. The van der Waals surface area contributed by atoms with Crippen molar-refractivity contribution in [2.75, 3.05) is 14.2 Å². The van der Waals surface area contributed by atoms with Crippen LogP contribution < -0.4 is 0 Å². The molecule has 1 saturated heterocycles. The number of ether oxygens (including phenoxy) is 2. The molecule has 0 bridgehead atoms. The van der Waals surface area contributed by atoms with Gasteiger partial charge in [-0.2, -0.15) is 0 Å². The lowest BCUT2D eigenvalue weighted by Gasteiger charge is -2.52.